The van der Waals surface area contributed by atoms with Crippen LogP contribution in [0.2, 0.25) is 0 Å². The lowest BCUT2D eigenvalue weighted by Gasteiger charge is -2.19. The van der Waals surface area contributed by atoms with E-state index < -0.39 is 6.04 Å². The Morgan fingerprint density at radius 3 is 2.68 bits per heavy atom. The first kappa shape index (κ1) is 13.8. The molecule has 0 aromatic heterocycles. The zero-order valence-electron chi connectivity index (χ0n) is 11.5. The van der Waals surface area contributed by atoms with E-state index in [1.807, 2.05) is 13.0 Å². The maximum Gasteiger partial charge on any atom is 0.242 e. The predicted octanol–water partition coefficient (Wildman–Crippen LogP) is 2.99. The summed E-state index contributed by atoms with van der Waals surface area (Å²) in [5, 5.41) is 5.98. The van der Waals surface area contributed by atoms with Crippen molar-refractivity contribution in [1.82, 2.24) is 5.32 Å². The lowest BCUT2D eigenvalue weighted by Crippen LogP contribution is -2.42. The number of para-hydroxylation sites is 1. The van der Waals surface area contributed by atoms with E-state index in [0.29, 0.717) is 11.7 Å². The lowest BCUT2D eigenvalue weighted by molar-refractivity contribution is -0.122. The molecule has 0 spiro atoms. The third kappa shape index (κ3) is 3.46. The second-order valence-corrected chi connectivity index (χ2v) is 5.29. The molecule has 1 amide bonds. The van der Waals surface area contributed by atoms with Crippen LogP contribution in [0, 0.1) is 12.7 Å². The first-order chi connectivity index (χ1) is 9.08. The topological polar surface area (TPSA) is 41.1 Å². The number of carbonyl (C=O) groups excluding carboxylic acids is 1. The minimum absolute atomic E-state index is 0.0606. The van der Waals surface area contributed by atoms with Crippen LogP contribution in [0.3, 0.4) is 0 Å². The maximum atomic E-state index is 13.7. The van der Waals surface area contributed by atoms with Crippen LogP contribution in [-0.4, -0.2) is 18.0 Å². The molecular formula is C15H21FN2O. The monoisotopic (exact) mass is 264 g/mol. The normalized spacial score (nSPS) is 17.2. The zero-order valence-corrected chi connectivity index (χ0v) is 11.5. The van der Waals surface area contributed by atoms with Gasteiger partial charge in [-0.05, 0) is 38.3 Å². The highest BCUT2D eigenvalue weighted by Gasteiger charge is 2.21. The van der Waals surface area contributed by atoms with Crippen molar-refractivity contribution < 1.29 is 9.18 Å². The van der Waals surface area contributed by atoms with Crippen molar-refractivity contribution in [1.29, 1.82) is 0 Å². The summed E-state index contributed by atoms with van der Waals surface area (Å²) in [6.07, 6.45) is 4.47. The number of hydrogen-bond donors (Lipinski definition) is 2. The molecule has 0 saturated heterocycles. The van der Waals surface area contributed by atoms with Crippen molar-refractivity contribution in [2.24, 2.45) is 0 Å². The summed E-state index contributed by atoms with van der Waals surface area (Å²) < 4.78 is 13.7. The summed E-state index contributed by atoms with van der Waals surface area (Å²) in [7, 11) is 0. The Kier molecular flexibility index (Phi) is 4.40. The van der Waals surface area contributed by atoms with Gasteiger partial charge < -0.3 is 10.6 Å². The molecule has 4 heteroatoms. The summed E-state index contributed by atoms with van der Waals surface area (Å²) in [6, 6.07) is 4.75. The van der Waals surface area contributed by atoms with E-state index in [0.717, 1.165) is 18.4 Å². The molecule has 1 aromatic carbocycles. The molecular weight excluding hydrogens is 243 g/mol. The van der Waals surface area contributed by atoms with Crippen molar-refractivity contribution >= 4 is 11.6 Å². The maximum absolute atomic E-state index is 13.7. The van der Waals surface area contributed by atoms with Crippen molar-refractivity contribution in [3.63, 3.8) is 0 Å². The number of carbonyl (C=O) groups is 1. The Labute approximate surface area is 113 Å². The highest BCUT2D eigenvalue weighted by molar-refractivity contribution is 5.84. The van der Waals surface area contributed by atoms with E-state index in [-0.39, 0.29) is 11.7 Å². The average molecular weight is 264 g/mol. The Balaban J connectivity index is 1.96. The van der Waals surface area contributed by atoms with Gasteiger partial charge in [-0.3, -0.25) is 4.79 Å². The van der Waals surface area contributed by atoms with Crippen LogP contribution in [0.5, 0.6) is 0 Å². The average Bonchev–Trinajstić information content (AvgIpc) is 2.86. The van der Waals surface area contributed by atoms with Crippen molar-refractivity contribution in [3.8, 4) is 0 Å². The highest BCUT2D eigenvalue weighted by Crippen LogP contribution is 2.20. The van der Waals surface area contributed by atoms with E-state index in [2.05, 4.69) is 10.6 Å². The molecule has 2 rings (SSSR count). The van der Waals surface area contributed by atoms with Gasteiger partial charge in [0.2, 0.25) is 5.91 Å². The van der Waals surface area contributed by atoms with Gasteiger partial charge in [-0.15, -0.1) is 0 Å². The van der Waals surface area contributed by atoms with E-state index in [1.165, 1.54) is 18.9 Å². The zero-order chi connectivity index (χ0) is 13.8. The molecule has 1 atom stereocenters. The predicted molar refractivity (Wildman–Crippen MR) is 74.6 cm³/mol. The Bertz CT molecular complexity index is 435. The molecule has 1 unspecified atom stereocenters. The quantitative estimate of drug-likeness (QED) is 0.877. The summed E-state index contributed by atoms with van der Waals surface area (Å²) in [5.74, 6) is -0.380. The molecule has 104 valence electrons. The fraction of sp³-hybridized carbons (Fsp3) is 0.533. The number of hydrogen-bond acceptors (Lipinski definition) is 2. The van der Waals surface area contributed by atoms with Gasteiger partial charge in [0.25, 0.3) is 0 Å². The van der Waals surface area contributed by atoms with Crippen molar-refractivity contribution in [2.75, 3.05) is 5.32 Å². The van der Waals surface area contributed by atoms with Crippen LogP contribution >= 0.6 is 0 Å². The number of benzene rings is 1. The smallest absolute Gasteiger partial charge is 0.242 e. The molecule has 0 heterocycles. The molecule has 1 aromatic rings. The molecule has 1 saturated carbocycles. The van der Waals surface area contributed by atoms with Crippen LogP contribution in [0.4, 0.5) is 10.1 Å². The highest BCUT2D eigenvalue weighted by atomic mass is 19.1. The number of rotatable bonds is 4. The van der Waals surface area contributed by atoms with E-state index in [9.17, 15) is 9.18 Å². The van der Waals surface area contributed by atoms with Crippen LogP contribution in [-0.2, 0) is 4.79 Å². The molecule has 1 fully saturated rings. The number of anilines is 1. The summed E-state index contributed by atoms with van der Waals surface area (Å²) >= 11 is 0. The van der Waals surface area contributed by atoms with Gasteiger partial charge in [0.15, 0.2) is 0 Å². The van der Waals surface area contributed by atoms with Crippen LogP contribution in [0.1, 0.15) is 38.2 Å². The first-order valence-electron chi connectivity index (χ1n) is 6.90. The van der Waals surface area contributed by atoms with Gasteiger partial charge in [0.05, 0.1) is 5.69 Å². The number of amides is 1. The number of aryl methyl sites for hydroxylation is 1. The summed E-state index contributed by atoms with van der Waals surface area (Å²) in [5.41, 5.74) is 1.22. The van der Waals surface area contributed by atoms with Gasteiger partial charge in [-0.25, -0.2) is 4.39 Å². The molecule has 19 heavy (non-hydrogen) atoms. The van der Waals surface area contributed by atoms with Crippen molar-refractivity contribution in [3.05, 3.63) is 29.6 Å². The molecule has 1 aliphatic carbocycles. The van der Waals surface area contributed by atoms with Crippen LogP contribution in [0.25, 0.3) is 0 Å². The minimum Gasteiger partial charge on any atom is -0.371 e. The van der Waals surface area contributed by atoms with E-state index in [4.69, 9.17) is 0 Å². The van der Waals surface area contributed by atoms with Gasteiger partial charge in [-0.2, -0.15) is 0 Å². The third-order valence-electron chi connectivity index (χ3n) is 3.68. The second-order valence-electron chi connectivity index (χ2n) is 5.29. The van der Waals surface area contributed by atoms with Crippen molar-refractivity contribution in [2.45, 2.75) is 51.6 Å². The van der Waals surface area contributed by atoms with Gasteiger partial charge in [0, 0.05) is 6.04 Å². The molecule has 2 N–H and O–H groups in total. The Hall–Kier alpha value is -1.58. The molecule has 3 nitrogen and oxygen atoms in total. The lowest BCUT2D eigenvalue weighted by atomic mass is 10.1. The number of halogens is 1. The fourth-order valence-electron chi connectivity index (χ4n) is 2.49. The Morgan fingerprint density at radius 1 is 1.37 bits per heavy atom. The van der Waals surface area contributed by atoms with Gasteiger partial charge in [-0.1, -0.05) is 25.0 Å². The summed E-state index contributed by atoms with van der Waals surface area (Å²) in [4.78, 5) is 12.0. The Morgan fingerprint density at radius 2 is 2.05 bits per heavy atom. The standard InChI is InChI=1S/C15H21FN2O/c1-10-6-5-9-13(16)14(10)17-11(2)15(19)18-12-7-3-4-8-12/h5-6,9,11-12,17H,3-4,7-8H2,1-2H3,(H,18,19). The second kappa shape index (κ2) is 6.04. The first-order valence-corrected chi connectivity index (χ1v) is 6.90. The number of nitrogens with one attached hydrogen (secondary N) is 2. The minimum atomic E-state index is -0.434. The van der Waals surface area contributed by atoms with E-state index >= 15 is 0 Å². The van der Waals surface area contributed by atoms with Gasteiger partial charge >= 0.3 is 0 Å². The summed E-state index contributed by atoms with van der Waals surface area (Å²) in [6.45, 7) is 3.59. The van der Waals surface area contributed by atoms with Crippen LogP contribution < -0.4 is 10.6 Å². The van der Waals surface area contributed by atoms with E-state index in [1.54, 1.807) is 13.0 Å². The third-order valence-corrected chi connectivity index (χ3v) is 3.68. The molecule has 0 aliphatic heterocycles. The SMILES string of the molecule is Cc1cccc(F)c1NC(C)C(=O)NC1CCCC1. The van der Waals surface area contributed by atoms with Gasteiger partial charge in [0.1, 0.15) is 11.9 Å². The van der Waals surface area contributed by atoms with Crippen LogP contribution in [0.15, 0.2) is 18.2 Å². The molecule has 0 radical (unpaired) electrons. The molecule has 1 aliphatic rings. The largest absolute Gasteiger partial charge is 0.371 e. The fourth-order valence-corrected chi connectivity index (χ4v) is 2.49. The molecule has 0 bridgehead atoms.